The molecule has 0 aromatic carbocycles. The van der Waals surface area contributed by atoms with E-state index >= 15 is 0 Å². The number of esters is 1. The minimum atomic E-state index is -4.38. The highest BCUT2D eigenvalue weighted by atomic mass is 32.2. The van der Waals surface area contributed by atoms with Crippen molar-refractivity contribution < 1.29 is 31.9 Å². The Kier molecular flexibility index (Phi) is 5.41. The number of ether oxygens (including phenoxy) is 2. The smallest absolute Gasteiger partial charge is 0.411 e. The highest BCUT2D eigenvalue weighted by Crippen LogP contribution is 2.19. The third-order valence-corrected chi connectivity index (χ3v) is 2.08. The number of hydrogen-bond donors (Lipinski definition) is 0. The summed E-state index contributed by atoms with van der Waals surface area (Å²) >= 11 is 0.747. The molecule has 10 heteroatoms. The van der Waals surface area contributed by atoms with Crippen LogP contribution in [0, 0.1) is 0 Å². The first-order chi connectivity index (χ1) is 8.42. The van der Waals surface area contributed by atoms with Crippen molar-refractivity contribution >= 4 is 17.7 Å². The molecule has 1 aromatic rings. The van der Waals surface area contributed by atoms with E-state index in [-0.39, 0.29) is 23.7 Å². The van der Waals surface area contributed by atoms with Gasteiger partial charge in [-0.05, 0) is 18.7 Å². The maximum absolute atomic E-state index is 11.7. The van der Waals surface area contributed by atoms with Gasteiger partial charge in [0.1, 0.15) is 12.5 Å². The number of alkyl halides is 3. The summed E-state index contributed by atoms with van der Waals surface area (Å²) in [4.78, 5) is 11.1. The van der Waals surface area contributed by atoms with E-state index in [0.717, 1.165) is 11.8 Å². The third-order valence-electron chi connectivity index (χ3n) is 1.39. The maximum Gasteiger partial charge on any atom is 0.411 e. The summed E-state index contributed by atoms with van der Waals surface area (Å²) in [5, 5.41) is 6.74. The Bertz CT molecular complexity index is 396. The molecule has 102 valence electrons. The lowest BCUT2D eigenvalue weighted by atomic mass is 10.7. The average molecular weight is 286 g/mol. The number of nitrogens with zero attached hydrogens (tertiary/aromatic N) is 2. The number of aromatic nitrogens is 2. The van der Waals surface area contributed by atoms with Crippen LogP contribution in [-0.2, 0) is 9.47 Å². The van der Waals surface area contributed by atoms with Crippen molar-refractivity contribution in [3.63, 3.8) is 0 Å². The lowest BCUT2D eigenvalue weighted by molar-refractivity contribution is -0.168. The van der Waals surface area contributed by atoms with Crippen molar-refractivity contribution in [3.05, 3.63) is 5.89 Å². The molecule has 0 saturated carbocycles. The highest BCUT2D eigenvalue weighted by Gasteiger charge is 2.27. The zero-order valence-corrected chi connectivity index (χ0v) is 10.0. The van der Waals surface area contributed by atoms with E-state index in [2.05, 4.69) is 19.7 Å². The summed E-state index contributed by atoms with van der Waals surface area (Å²) < 4.78 is 48.9. The first kappa shape index (κ1) is 14.8. The average Bonchev–Trinajstić information content (AvgIpc) is 2.72. The monoisotopic (exact) mass is 286 g/mol. The predicted molar refractivity (Wildman–Crippen MR) is 53.0 cm³/mol. The van der Waals surface area contributed by atoms with Gasteiger partial charge in [0.25, 0.3) is 5.22 Å². The van der Waals surface area contributed by atoms with Gasteiger partial charge in [0, 0.05) is 0 Å². The molecule has 0 atom stereocenters. The molecule has 0 aliphatic carbocycles. The number of rotatable bonds is 6. The van der Waals surface area contributed by atoms with Crippen LogP contribution in [0.5, 0.6) is 0 Å². The molecule has 0 N–H and O–H groups in total. The predicted octanol–water partition coefficient (Wildman–Crippen LogP) is 1.87. The van der Waals surface area contributed by atoms with E-state index in [1.807, 2.05) is 0 Å². The molecule has 0 spiro atoms. The van der Waals surface area contributed by atoms with Crippen molar-refractivity contribution in [1.29, 1.82) is 0 Å². The van der Waals surface area contributed by atoms with E-state index in [9.17, 15) is 18.0 Å². The zero-order chi connectivity index (χ0) is 13.6. The fraction of sp³-hybridized carbons (Fsp3) is 0.625. The van der Waals surface area contributed by atoms with E-state index in [1.54, 1.807) is 6.92 Å². The number of halogens is 3. The molecule has 1 rings (SSSR count). The van der Waals surface area contributed by atoms with Crippen LogP contribution in [0.3, 0.4) is 0 Å². The van der Waals surface area contributed by atoms with Gasteiger partial charge >= 0.3 is 18.0 Å². The first-order valence-corrected chi connectivity index (χ1v) is 5.69. The topological polar surface area (TPSA) is 74.5 Å². The van der Waals surface area contributed by atoms with Gasteiger partial charge in [-0.25, -0.2) is 4.79 Å². The van der Waals surface area contributed by atoms with Crippen LogP contribution in [-0.4, -0.2) is 41.5 Å². The second-order valence-electron chi connectivity index (χ2n) is 2.82. The van der Waals surface area contributed by atoms with E-state index < -0.39 is 18.8 Å². The van der Waals surface area contributed by atoms with Gasteiger partial charge in [0.05, 0.1) is 6.61 Å². The second-order valence-corrected chi connectivity index (χ2v) is 3.69. The second kappa shape index (κ2) is 6.59. The van der Waals surface area contributed by atoms with Crippen LogP contribution in [0.4, 0.5) is 13.2 Å². The molecule has 0 bridgehead atoms. The summed E-state index contributed by atoms with van der Waals surface area (Å²) in [7, 11) is 0. The molecule has 6 nitrogen and oxygen atoms in total. The first-order valence-electron chi connectivity index (χ1n) is 4.70. The third kappa shape index (κ3) is 5.36. The van der Waals surface area contributed by atoms with Gasteiger partial charge in [-0.1, -0.05) is 5.10 Å². The van der Waals surface area contributed by atoms with Crippen molar-refractivity contribution in [3.8, 4) is 0 Å². The zero-order valence-electron chi connectivity index (χ0n) is 9.19. The van der Waals surface area contributed by atoms with E-state index in [1.165, 1.54) is 0 Å². The lowest BCUT2D eigenvalue weighted by Gasteiger charge is -2.05. The molecule has 0 saturated heterocycles. The molecule has 18 heavy (non-hydrogen) atoms. The number of carbonyl (C=O) groups excluding carboxylic acids is 1. The van der Waals surface area contributed by atoms with Crippen molar-refractivity contribution in [2.24, 2.45) is 0 Å². The van der Waals surface area contributed by atoms with Gasteiger partial charge < -0.3 is 13.9 Å². The summed E-state index contributed by atoms with van der Waals surface area (Å²) in [6.45, 7) is 0.395. The maximum atomic E-state index is 11.7. The van der Waals surface area contributed by atoms with Gasteiger partial charge in [-0.3, -0.25) is 0 Å². The Morgan fingerprint density at radius 2 is 2.17 bits per heavy atom. The van der Waals surface area contributed by atoms with Gasteiger partial charge in [-0.15, -0.1) is 5.10 Å². The number of thioether (sulfide) groups is 1. The normalized spacial score (nSPS) is 11.6. The Morgan fingerprint density at radius 3 is 2.78 bits per heavy atom. The van der Waals surface area contributed by atoms with Gasteiger partial charge in [-0.2, -0.15) is 13.2 Å². The van der Waals surface area contributed by atoms with Crippen molar-refractivity contribution in [2.75, 3.05) is 19.2 Å². The van der Waals surface area contributed by atoms with Crippen LogP contribution in [0.15, 0.2) is 9.64 Å². The SMILES string of the molecule is CCOC(=O)c1nnc(SCOCC(F)(F)F)o1. The largest absolute Gasteiger partial charge is 0.459 e. The molecule has 0 amide bonds. The Hall–Kier alpha value is -1.29. The number of carbonyl (C=O) groups is 1. The summed E-state index contributed by atoms with van der Waals surface area (Å²) in [6.07, 6.45) is -4.38. The molecule has 1 aromatic heterocycles. The quantitative estimate of drug-likeness (QED) is 0.342. The van der Waals surface area contributed by atoms with Crippen LogP contribution in [0.1, 0.15) is 17.6 Å². The summed E-state index contributed by atoms with van der Waals surface area (Å²) in [6, 6.07) is 0. The fourth-order valence-corrected chi connectivity index (χ4v) is 1.30. The highest BCUT2D eigenvalue weighted by molar-refractivity contribution is 7.98. The Morgan fingerprint density at radius 1 is 1.44 bits per heavy atom. The molecule has 0 unspecified atom stereocenters. The molecule has 0 aliphatic heterocycles. The van der Waals surface area contributed by atoms with E-state index in [0.29, 0.717) is 0 Å². The van der Waals surface area contributed by atoms with Crippen molar-refractivity contribution in [2.45, 2.75) is 18.3 Å². The van der Waals surface area contributed by atoms with Crippen LogP contribution in [0.25, 0.3) is 0 Å². The minimum Gasteiger partial charge on any atom is -0.459 e. The standard InChI is InChI=1S/C8H9F3N2O4S/c1-2-16-6(14)5-12-13-7(17-5)18-4-15-3-8(9,10)11/h2-4H2,1H3. The molecule has 1 heterocycles. The van der Waals surface area contributed by atoms with Gasteiger partial charge in [0.2, 0.25) is 0 Å². The molecule has 0 aliphatic rings. The summed E-state index contributed by atoms with van der Waals surface area (Å²) in [5.74, 6) is -1.45. The number of hydrogen-bond acceptors (Lipinski definition) is 7. The van der Waals surface area contributed by atoms with Gasteiger partial charge in [0.15, 0.2) is 0 Å². The molecular formula is C8H9F3N2O4S. The van der Waals surface area contributed by atoms with Crippen molar-refractivity contribution in [1.82, 2.24) is 10.2 Å². The summed E-state index contributed by atoms with van der Waals surface area (Å²) in [5.41, 5.74) is 0. The Labute approximate surface area is 104 Å². The van der Waals surface area contributed by atoms with Crippen LogP contribution in [0.2, 0.25) is 0 Å². The van der Waals surface area contributed by atoms with Crippen LogP contribution >= 0.6 is 11.8 Å². The molecular weight excluding hydrogens is 277 g/mol. The molecule has 0 fully saturated rings. The lowest BCUT2D eigenvalue weighted by Crippen LogP contribution is -2.16. The molecule has 0 radical (unpaired) electrons. The van der Waals surface area contributed by atoms with E-state index in [4.69, 9.17) is 4.42 Å². The Balaban J connectivity index is 2.33. The van der Waals surface area contributed by atoms with Crippen LogP contribution < -0.4 is 0 Å². The fourth-order valence-electron chi connectivity index (χ4n) is 0.793. The minimum absolute atomic E-state index is 0.0692.